The summed E-state index contributed by atoms with van der Waals surface area (Å²) in [5.41, 5.74) is 3.89. The van der Waals surface area contributed by atoms with Crippen molar-refractivity contribution in [2.24, 2.45) is 0 Å². The molecule has 0 spiro atoms. The zero-order chi connectivity index (χ0) is 19.3. The summed E-state index contributed by atoms with van der Waals surface area (Å²) in [6, 6.07) is 10.3. The Labute approximate surface area is 157 Å². The Bertz CT molecular complexity index is 800. The third-order valence-electron chi connectivity index (χ3n) is 3.94. The first kappa shape index (κ1) is 20.0. The largest absolute Gasteiger partial charge is 0.336 e. The highest BCUT2D eigenvalue weighted by molar-refractivity contribution is 8.00. The second-order valence-electron chi connectivity index (χ2n) is 6.29. The average molecular weight is 374 g/mol. The molecule has 2 rings (SSSR count). The van der Waals surface area contributed by atoms with Gasteiger partial charge >= 0.3 is 0 Å². The molecule has 0 saturated heterocycles. The van der Waals surface area contributed by atoms with Crippen LogP contribution in [-0.4, -0.2) is 36.1 Å². The lowest BCUT2D eigenvalue weighted by Gasteiger charge is -2.18. The van der Waals surface area contributed by atoms with Gasteiger partial charge in [0.2, 0.25) is 11.8 Å². The molecule has 0 aromatic heterocycles. The zero-order valence-corrected chi connectivity index (χ0v) is 16.2. The van der Waals surface area contributed by atoms with E-state index in [9.17, 15) is 14.0 Å². The van der Waals surface area contributed by atoms with Gasteiger partial charge in [0.1, 0.15) is 5.82 Å². The SMILES string of the molecule is Cc1cc(C)c(NC(=O)CN(C)C(=O)CSc2ccccc2F)c(C)c1. The monoisotopic (exact) mass is 374 g/mol. The molecule has 0 atom stereocenters. The standard InChI is InChI=1S/C20H23FN2O2S/c1-13-9-14(2)20(15(3)10-13)22-18(24)11-23(4)19(25)12-26-17-8-6-5-7-16(17)21/h5-10H,11-12H2,1-4H3,(H,22,24). The number of carbonyl (C=O) groups excluding carboxylic acids is 2. The number of amides is 2. The molecular formula is C20H23FN2O2S. The van der Waals surface area contributed by atoms with Crippen LogP contribution in [0.3, 0.4) is 0 Å². The molecular weight excluding hydrogens is 351 g/mol. The fourth-order valence-corrected chi connectivity index (χ4v) is 3.55. The molecule has 6 heteroatoms. The second-order valence-corrected chi connectivity index (χ2v) is 7.31. The van der Waals surface area contributed by atoms with E-state index in [1.54, 1.807) is 25.2 Å². The lowest BCUT2D eigenvalue weighted by atomic mass is 10.1. The first-order chi connectivity index (χ1) is 12.3. The van der Waals surface area contributed by atoms with Crippen LogP contribution >= 0.6 is 11.8 Å². The molecule has 0 saturated carbocycles. The number of anilines is 1. The number of hydrogen-bond donors (Lipinski definition) is 1. The Morgan fingerprint density at radius 2 is 1.73 bits per heavy atom. The highest BCUT2D eigenvalue weighted by Gasteiger charge is 2.15. The minimum Gasteiger partial charge on any atom is -0.336 e. The van der Waals surface area contributed by atoms with E-state index in [1.807, 2.05) is 32.9 Å². The van der Waals surface area contributed by atoms with Crippen LogP contribution in [0.4, 0.5) is 10.1 Å². The number of rotatable bonds is 6. The van der Waals surface area contributed by atoms with Crippen molar-refractivity contribution < 1.29 is 14.0 Å². The van der Waals surface area contributed by atoms with Crippen LogP contribution in [0.15, 0.2) is 41.3 Å². The molecule has 0 aliphatic heterocycles. The van der Waals surface area contributed by atoms with Crippen LogP contribution < -0.4 is 5.32 Å². The van der Waals surface area contributed by atoms with Gasteiger partial charge in [-0.2, -0.15) is 0 Å². The van der Waals surface area contributed by atoms with Gasteiger partial charge in [-0.15, -0.1) is 11.8 Å². The average Bonchev–Trinajstić information content (AvgIpc) is 2.57. The highest BCUT2D eigenvalue weighted by atomic mass is 32.2. The maximum Gasteiger partial charge on any atom is 0.243 e. The number of hydrogen-bond acceptors (Lipinski definition) is 3. The summed E-state index contributed by atoms with van der Waals surface area (Å²) in [7, 11) is 1.57. The third-order valence-corrected chi connectivity index (χ3v) is 4.97. The van der Waals surface area contributed by atoms with Gasteiger partial charge < -0.3 is 10.2 Å². The van der Waals surface area contributed by atoms with E-state index >= 15 is 0 Å². The topological polar surface area (TPSA) is 49.4 Å². The van der Waals surface area contributed by atoms with Crippen LogP contribution in [0.5, 0.6) is 0 Å². The predicted molar refractivity (Wildman–Crippen MR) is 104 cm³/mol. The van der Waals surface area contributed by atoms with E-state index < -0.39 is 0 Å². The lowest BCUT2D eigenvalue weighted by Crippen LogP contribution is -2.36. The quantitative estimate of drug-likeness (QED) is 0.779. The smallest absolute Gasteiger partial charge is 0.243 e. The molecule has 4 nitrogen and oxygen atoms in total. The van der Waals surface area contributed by atoms with Crippen LogP contribution in [0.25, 0.3) is 0 Å². The Kier molecular flexibility index (Phi) is 6.80. The number of thioether (sulfide) groups is 1. The fourth-order valence-electron chi connectivity index (χ4n) is 2.67. The normalized spacial score (nSPS) is 10.5. The Balaban J connectivity index is 1.90. The molecule has 2 aromatic carbocycles. The summed E-state index contributed by atoms with van der Waals surface area (Å²) in [4.78, 5) is 26.2. The van der Waals surface area contributed by atoms with Crippen LogP contribution in [0.1, 0.15) is 16.7 Å². The summed E-state index contributed by atoms with van der Waals surface area (Å²) < 4.78 is 13.6. The van der Waals surface area contributed by atoms with Crippen LogP contribution in [0.2, 0.25) is 0 Å². The molecule has 0 bridgehead atoms. The maximum absolute atomic E-state index is 13.6. The van der Waals surface area contributed by atoms with Gasteiger partial charge in [0.25, 0.3) is 0 Å². The summed E-state index contributed by atoms with van der Waals surface area (Å²) in [5, 5.41) is 2.87. The number of nitrogens with zero attached hydrogens (tertiary/aromatic N) is 1. The minimum atomic E-state index is -0.351. The van der Waals surface area contributed by atoms with E-state index in [0.717, 1.165) is 34.1 Å². The van der Waals surface area contributed by atoms with Crippen molar-refractivity contribution in [2.45, 2.75) is 25.7 Å². The Morgan fingerprint density at radius 3 is 2.35 bits per heavy atom. The van der Waals surface area contributed by atoms with Gasteiger partial charge in [-0.3, -0.25) is 9.59 Å². The molecule has 0 fully saturated rings. The first-order valence-corrected chi connectivity index (χ1v) is 9.25. The molecule has 138 valence electrons. The fraction of sp³-hybridized carbons (Fsp3) is 0.300. The molecule has 26 heavy (non-hydrogen) atoms. The molecule has 1 N–H and O–H groups in total. The Morgan fingerprint density at radius 1 is 1.12 bits per heavy atom. The second kappa shape index (κ2) is 8.85. The molecule has 2 aromatic rings. The van der Waals surface area contributed by atoms with Gasteiger partial charge in [0, 0.05) is 17.6 Å². The summed E-state index contributed by atoms with van der Waals surface area (Å²) in [6.45, 7) is 5.83. The molecule has 0 aliphatic rings. The Hall–Kier alpha value is -2.34. The molecule has 2 amide bonds. The zero-order valence-electron chi connectivity index (χ0n) is 15.4. The number of halogens is 1. The maximum atomic E-state index is 13.6. The van der Waals surface area contributed by atoms with Crippen molar-refractivity contribution in [3.63, 3.8) is 0 Å². The van der Waals surface area contributed by atoms with E-state index in [0.29, 0.717) is 4.90 Å². The first-order valence-electron chi connectivity index (χ1n) is 8.27. The number of benzene rings is 2. The van der Waals surface area contributed by atoms with E-state index in [1.165, 1.54) is 11.0 Å². The van der Waals surface area contributed by atoms with E-state index in [4.69, 9.17) is 0 Å². The molecule has 0 aliphatic carbocycles. The number of aryl methyl sites for hydroxylation is 3. The van der Waals surface area contributed by atoms with Crippen LogP contribution in [0, 0.1) is 26.6 Å². The van der Waals surface area contributed by atoms with Gasteiger partial charge in [-0.1, -0.05) is 29.8 Å². The molecule has 0 unspecified atom stereocenters. The summed E-state index contributed by atoms with van der Waals surface area (Å²) in [6.07, 6.45) is 0. The minimum absolute atomic E-state index is 0.0522. The van der Waals surface area contributed by atoms with Crippen LogP contribution in [-0.2, 0) is 9.59 Å². The van der Waals surface area contributed by atoms with Crippen molar-refractivity contribution >= 4 is 29.3 Å². The van der Waals surface area contributed by atoms with Crippen molar-refractivity contribution in [1.82, 2.24) is 4.90 Å². The molecule has 0 heterocycles. The van der Waals surface area contributed by atoms with Gasteiger partial charge in [-0.05, 0) is 44.0 Å². The molecule has 0 radical (unpaired) electrons. The highest BCUT2D eigenvalue weighted by Crippen LogP contribution is 2.22. The van der Waals surface area contributed by atoms with E-state index in [-0.39, 0.29) is 29.9 Å². The lowest BCUT2D eigenvalue weighted by molar-refractivity contribution is -0.131. The number of carbonyl (C=O) groups is 2. The van der Waals surface area contributed by atoms with Gasteiger partial charge in [-0.25, -0.2) is 4.39 Å². The van der Waals surface area contributed by atoms with Gasteiger partial charge in [0.15, 0.2) is 0 Å². The summed E-state index contributed by atoms with van der Waals surface area (Å²) >= 11 is 1.12. The van der Waals surface area contributed by atoms with Gasteiger partial charge in [0.05, 0.1) is 12.3 Å². The number of nitrogens with one attached hydrogen (secondary N) is 1. The van der Waals surface area contributed by atoms with Crippen molar-refractivity contribution in [2.75, 3.05) is 24.7 Å². The predicted octanol–water partition coefficient (Wildman–Crippen LogP) is 3.94. The van der Waals surface area contributed by atoms with Crippen molar-refractivity contribution in [1.29, 1.82) is 0 Å². The van der Waals surface area contributed by atoms with Crippen molar-refractivity contribution in [3.05, 3.63) is 58.9 Å². The third kappa shape index (κ3) is 5.33. The number of likely N-dealkylation sites (N-methyl/N-ethyl adjacent to an activating group) is 1. The summed E-state index contributed by atoms with van der Waals surface area (Å²) in [5.74, 6) is -0.763. The van der Waals surface area contributed by atoms with E-state index in [2.05, 4.69) is 5.32 Å². The van der Waals surface area contributed by atoms with Crippen molar-refractivity contribution in [3.8, 4) is 0 Å².